The van der Waals surface area contributed by atoms with Crippen LogP contribution in [0, 0.1) is 11.8 Å². The van der Waals surface area contributed by atoms with Gasteiger partial charge in [-0.25, -0.2) is 4.98 Å². The van der Waals surface area contributed by atoms with Crippen LogP contribution in [0.4, 0.5) is 0 Å². The van der Waals surface area contributed by atoms with Gasteiger partial charge in [0.15, 0.2) is 5.82 Å². The normalized spacial score (nSPS) is 9.17. The van der Waals surface area contributed by atoms with E-state index in [0.717, 1.165) is 13.0 Å². The molecule has 4 heteroatoms. The predicted octanol–water partition coefficient (Wildman–Crippen LogP) is 0.150. The molecule has 0 aliphatic rings. The van der Waals surface area contributed by atoms with Gasteiger partial charge in [-0.15, -0.1) is 11.8 Å². The van der Waals surface area contributed by atoms with Crippen molar-refractivity contribution in [3.63, 3.8) is 0 Å². The number of aryl methyl sites for hydroxylation is 1. The second kappa shape index (κ2) is 4.52. The molecular formula is C8H12N4. The Morgan fingerprint density at radius 2 is 2.50 bits per heavy atom. The summed E-state index contributed by atoms with van der Waals surface area (Å²) in [6, 6.07) is 0. The minimum atomic E-state index is 0.395. The molecule has 0 aliphatic carbocycles. The SMILES string of the molecule is CC#CCCn1cnc(CN)n1. The van der Waals surface area contributed by atoms with Crippen LogP contribution in [0.15, 0.2) is 6.33 Å². The number of hydrogen-bond donors (Lipinski definition) is 1. The summed E-state index contributed by atoms with van der Waals surface area (Å²) in [5.74, 6) is 6.46. The third-order valence-electron chi connectivity index (χ3n) is 1.41. The number of rotatable bonds is 3. The molecule has 4 nitrogen and oxygen atoms in total. The molecule has 0 radical (unpaired) electrons. The second-order valence-electron chi connectivity index (χ2n) is 2.30. The van der Waals surface area contributed by atoms with Gasteiger partial charge in [-0.05, 0) is 6.92 Å². The monoisotopic (exact) mass is 164 g/mol. The summed E-state index contributed by atoms with van der Waals surface area (Å²) >= 11 is 0. The molecule has 0 unspecified atom stereocenters. The number of hydrogen-bond acceptors (Lipinski definition) is 3. The molecular weight excluding hydrogens is 152 g/mol. The fourth-order valence-electron chi connectivity index (χ4n) is 0.830. The maximum atomic E-state index is 5.35. The zero-order valence-electron chi connectivity index (χ0n) is 7.12. The van der Waals surface area contributed by atoms with Crippen LogP contribution in [-0.4, -0.2) is 14.8 Å². The molecule has 0 saturated heterocycles. The van der Waals surface area contributed by atoms with Crippen molar-refractivity contribution in [2.45, 2.75) is 26.4 Å². The van der Waals surface area contributed by atoms with Gasteiger partial charge >= 0.3 is 0 Å². The van der Waals surface area contributed by atoms with Gasteiger partial charge in [-0.2, -0.15) is 5.10 Å². The fraction of sp³-hybridized carbons (Fsp3) is 0.500. The van der Waals surface area contributed by atoms with E-state index in [1.807, 2.05) is 6.92 Å². The lowest BCUT2D eigenvalue weighted by atomic mass is 10.4. The van der Waals surface area contributed by atoms with Crippen molar-refractivity contribution in [1.29, 1.82) is 0 Å². The van der Waals surface area contributed by atoms with Crippen LogP contribution < -0.4 is 5.73 Å². The zero-order chi connectivity index (χ0) is 8.81. The Bertz CT molecular complexity index is 291. The molecule has 64 valence electrons. The lowest BCUT2D eigenvalue weighted by Gasteiger charge is -1.92. The van der Waals surface area contributed by atoms with Crippen molar-refractivity contribution < 1.29 is 0 Å². The van der Waals surface area contributed by atoms with Crippen molar-refractivity contribution in [2.24, 2.45) is 5.73 Å². The summed E-state index contributed by atoms with van der Waals surface area (Å²) < 4.78 is 1.76. The van der Waals surface area contributed by atoms with Crippen molar-refractivity contribution in [1.82, 2.24) is 14.8 Å². The minimum Gasteiger partial charge on any atom is -0.324 e. The van der Waals surface area contributed by atoms with E-state index >= 15 is 0 Å². The Balaban J connectivity index is 2.45. The summed E-state index contributed by atoms with van der Waals surface area (Å²) in [5, 5.41) is 4.11. The van der Waals surface area contributed by atoms with Crippen molar-refractivity contribution >= 4 is 0 Å². The van der Waals surface area contributed by atoms with E-state index in [1.54, 1.807) is 11.0 Å². The lowest BCUT2D eigenvalue weighted by molar-refractivity contribution is 0.619. The number of aromatic nitrogens is 3. The molecule has 0 aliphatic heterocycles. The van der Waals surface area contributed by atoms with Crippen molar-refractivity contribution in [3.05, 3.63) is 12.2 Å². The first kappa shape index (κ1) is 8.75. The van der Waals surface area contributed by atoms with E-state index < -0.39 is 0 Å². The van der Waals surface area contributed by atoms with Crippen LogP contribution in [0.2, 0.25) is 0 Å². The quantitative estimate of drug-likeness (QED) is 0.647. The topological polar surface area (TPSA) is 56.7 Å². The highest BCUT2D eigenvalue weighted by Gasteiger charge is 1.95. The highest BCUT2D eigenvalue weighted by Crippen LogP contribution is 1.89. The molecule has 0 spiro atoms. The standard InChI is InChI=1S/C8H12N4/c1-2-3-4-5-12-7-10-8(6-9)11-12/h7H,4-6,9H2,1H3. The molecule has 0 amide bonds. The highest BCUT2D eigenvalue weighted by atomic mass is 15.3. The molecule has 12 heavy (non-hydrogen) atoms. The predicted molar refractivity (Wildman–Crippen MR) is 46.0 cm³/mol. The van der Waals surface area contributed by atoms with Gasteiger partial charge in [0.25, 0.3) is 0 Å². The molecule has 0 fully saturated rings. The van der Waals surface area contributed by atoms with Crippen LogP contribution >= 0.6 is 0 Å². The van der Waals surface area contributed by atoms with Gasteiger partial charge in [0.2, 0.25) is 0 Å². The van der Waals surface area contributed by atoms with E-state index in [1.165, 1.54) is 0 Å². The third kappa shape index (κ3) is 2.36. The van der Waals surface area contributed by atoms with Gasteiger partial charge in [-0.1, -0.05) is 0 Å². The third-order valence-corrected chi connectivity index (χ3v) is 1.41. The molecule has 1 rings (SSSR count). The van der Waals surface area contributed by atoms with E-state index in [9.17, 15) is 0 Å². The van der Waals surface area contributed by atoms with Gasteiger partial charge < -0.3 is 5.73 Å². The Morgan fingerprint density at radius 1 is 1.67 bits per heavy atom. The van der Waals surface area contributed by atoms with Crippen LogP contribution in [0.3, 0.4) is 0 Å². The summed E-state index contributed by atoms with van der Waals surface area (Å²) in [7, 11) is 0. The average molecular weight is 164 g/mol. The first-order chi connectivity index (χ1) is 5.86. The maximum Gasteiger partial charge on any atom is 0.164 e. The van der Waals surface area contributed by atoms with Crippen LogP contribution in [-0.2, 0) is 13.1 Å². The molecule has 0 saturated carbocycles. The van der Waals surface area contributed by atoms with E-state index in [0.29, 0.717) is 12.4 Å². The van der Waals surface area contributed by atoms with Crippen LogP contribution in [0.1, 0.15) is 19.2 Å². The van der Waals surface area contributed by atoms with Gasteiger partial charge in [0.1, 0.15) is 6.33 Å². The van der Waals surface area contributed by atoms with Crippen LogP contribution in [0.25, 0.3) is 0 Å². The summed E-state index contributed by atoms with van der Waals surface area (Å²) in [5.41, 5.74) is 5.35. The Hall–Kier alpha value is -1.34. The molecule has 1 aromatic heterocycles. The van der Waals surface area contributed by atoms with Crippen molar-refractivity contribution in [3.8, 4) is 11.8 Å². The van der Waals surface area contributed by atoms with Crippen LogP contribution in [0.5, 0.6) is 0 Å². The first-order valence-electron chi connectivity index (χ1n) is 3.85. The Kier molecular flexibility index (Phi) is 3.30. The summed E-state index contributed by atoms with van der Waals surface area (Å²) in [4.78, 5) is 3.99. The maximum absolute atomic E-state index is 5.35. The highest BCUT2D eigenvalue weighted by molar-refractivity contribution is 4.94. The van der Waals surface area contributed by atoms with Gasteiger partial charge in [-0.3, -0.25) is 4.68 Å². The molecule has 2 N–H and O–H groups in total. The zero-order valence-corrected chi connectivity index (χ0v) is 7.12. The fourth-order valence-corrected chi connectivity index (χ4v) is 0.830. The number of nitrogens with zero attached hydrogens (tertiary/aromatic N) is 3. The lowest BCUT2D eigenvalue weighted by Crippen LogP contribution is -2.02. The molecule has 0 bridgehead atoms. The minimum absolute atomic E-state index is 0.395. The summed E-state index contributed by atoms with van der Waals surface area (Å²) in [6.07, 6.45) is 2.49. The Morgan fingerprint density at radius 3 is 3.08 bits per heavy atom. The molecule has 0 atom stereocenters. The van der Waals surface area contributed by atoms with E-state index in [-0.39, 0.29) is 0 Å². The Labute approximate surface area is 71.8 Å². The van der Waals surface area contributed by atoms with Crippen molar-refractivity contribution in [2.75, 3.05) is 0 Å². The molecule has 1 heterocycles. The average Bonchev–Trinajstić information content (AvgIpc) is 2.53. The largest absolute Gasteiger partial charge is 0.324 e. The number of nitrogens with two attached hydrogens (primary N) is 1. The summed E-state index contributed by atoms with van der Waals surface area (Å²) in [6.45, 7) is 3.01. The van der Waals surface area contributed by atoms with E-state index in [4.69, 9.17) is 5.73 Å². The smallest absolute Gasteiger partial charge is 0.164 e. The van der Waals surface area contributed by atoms with Gasteiger partial charge in [0.05, 0.1) is 13.1 Å². The second-order valence-corrected chi connectivity index (χ2v) is 2.30. The molecule has 0 aromatic carbocycles. The molecule has 1 aromatic rings. The van der Waals surface area contributed by atoms with E-state index in [2.05, 4.69) is 21.9 Å². The van der Waals surface area contributed by atoms with Gasteiger partial charge in [0, 0.05) is 6.42 Å². The first-order valence-corrected chi connectivity index (χ1v) is 3.85.